The van der Waals surface area contributed by atoms with Crippen LogP contribution in [0.1, 0.15) is 0 Å². The van der Waals surface area contributed by atoms with Gasteiger partial charge in [0.15, 0.2) is 5.82 Å². The van der Waals surface area contributed by atoms with Crippen molar-refractivity contribution in [3.63, 3.8) is 0 Å². The lowest BCUT2D eigenvalue weighted by molar-refractivity contribution is -0.385. The van der Waals surface area contributed by atoms with Gasteiger partial charge in [-0.05, 0) is 27.5 Å². The Morgan fingerprint density at radius 1 is 1.41 bits per heavy atom. The average Bonchev–Trinajstić information content (AvgIpc) is 2.21. The first kappa shape index (κ1) is 12.4. The van der Waals surface area contributed by atoms with Gasteiger partial charge in [-0.2, -0.15) is 0 Å². The van der Waals surface area contributed by atoms with Crippen LogP contribution in [0.2, 0.25) is 10.4 Å². The highest BCUT2D eigenvalue weighted by Crippen LogP contribution is 2.37. The molecule has 9 heteroatoms. The van der Waals surface area contributed by atoms with Crippen LogP contribution >= 0.6 is 39.1 Å². The number of halogens is 4. The van der Waals surface area contributed by atoms with Crippen LogP contribution in [0.5, 0.6) is 0 Å². The molecule has 88 valence electrons. The maximum absolute atomic E-state index is 13.6. The Labute approximate surface area is 112 Å². The molecule has 17 heavy (non-hydrogen) atoms. The van der Waals surface area contributed by atoms with Crippen molar-refractivity contribution in [1.82, 2.24) is 9.97 Å². The van der Waals surface area contributed by atoms with E-state index >= 15 is 0 Å². The zero-order valence-corrected chi connectivity index (χ0v) is 10.8. The van der Waals surface area contributed by atoms with Gasteiger partial charge >= 0.3 is 0 Å². The van der Waals surface area contributed by atoms with Crippen molar-refractivity contribution >= 4 is 55.7 Å². The quantitative estimate of drug-likeness (QED) is 0.343. The summed E-state index contributed by atoms with van der Waals surface area (Å²) in [5.41, 5.74) is -0.629. The summed E-state index contributed by atoms with van der Waals surface area (Å²) in [6.07, 6.45) is 0. The van der Waals surface area contributed by atoms with Crippen molar-refractivity contribution < 1.29 is 9.31 Å². The number of benzene rings is 1. The molecule has 1 aromatic heterocycles. The summed E-state index contributed by atoms with van der Waals surface area (Å²) in [4.78, 5) is 17.2. The van der Waals surface area contributed by atoms with Crippen LogP contribution in [0.25, 0.3) is 10.9 Å². The predicted molar refractivity (Wildman–Crippen MR) is 63.9 cm³/mol. The third-order valence-electron chi connectivity index (χ3n) is 1.97. The third-order valence-corrected chi connectivity index (χ3v) is 3.21. The largest absolute Gasteiger partial charge is 0.287 e. The molecule has 2 aromatic rings. The molecule has 1 aromatic carbocycles. The Morgan fingerprint density at radius 2 is 2.06 bits per heavy atom. The molecular formula is C8HBrCl2FN3O2. The summed E-state index contributed by atoms with van der Waals surface area (Å²) in [5.74, 6) is -0.888. The maximum Gasteiger partial charge on any atom is 0.287 e. The molecule has 0 spiro atoms. The van der Waals surface area contributed by atoms with Gasteiger partial charge in [0.25, 0.3) is 5.69 Å². The normalized spacial score (nSPS) is 10.8. The van der Waals surface area contributed by atoms with Crippen LogP contribution in [0, 0.1) is 15.9 Å². The van der Waals surface area contributed by atoms with Gasteiger partial charge in [-0.3, -0.25) is 10.1 Å². The van der Waals surface area contributed by atoms with Crippen molar-refractivity contribution in [2.24, 2.45) is 0 Å². The molecule has 2 rings (SSSR count). The lowest BCUT2D eigenvalue weighted by atomic mass is 10.2. The predicted octanol–water partition coefficient (Wildman–Crippen LogP) is 3.75. The minimum absolute atomic E-state index is 0.0144. The maximum atomic E-state index is 13.6. The van der Waals surface area contributed by atoms with Crippen LogP contribution in [0.3, 0.4) is 0 Å². The van der Waals surface area contributed by atoms with Crippen LogP contribution in [0.15, 0.2) is 10.5 Å². The van der Waals surface area contributed by atoms with Crippen LogP contribution < -0.4 is 0 Å². The first-order valence-electron chi connectivity index (χ1n) is 4.07. The fourth-order valence-corrected chi connectivity index (χ4v) is 2.51. The second-order valence-corrected chi connectivity index (χ2v) is 4.44. The van der Waals surface area contributed by atoms with Crippen molar-refractivity contribution in [1.29, 1.82) is 0 Å². The van der Waals surface area contributed by atoms with E-state index < -0.39 is 16.4 Å². The van der Waals surface area contributed by atoms with Gasteiger partial charge in [0.05, 0.1) is 16.4 Å². The summed E-state index contributed by atoms with van der Waals surface area (Å²) in [5, 5.41) is 10.3. The molecule has 0 aliphatic rings. The van der Waals surface area contributed by atoms with Crippen molar-refractivity contribution in [2.75, 3.05) is 0 Å². The van der Waals surface area contributed by atoms with Gasteiger partial charge in [0.1, 0.15) is 15.1 Å². The van der Waals surface area contributed by atoms with Crippen molar-refractivity contribution in [3.8, 4) is 0 Å². The Bertz CT molecular complexity index is 652. The molecule has 0 atom stereocenters. The van der Waals surface area contributed by atoms with Gasteiger partial charge in [-0.15, -0.1) is 0 Å². The first-order chi connectivity index (χ1) is 7.91. The van der Waals surface area contributed by atoms with E-state index in [4.69, 9.17) is 23.2 Å². The summed E-state index contributed by atoms with van der Waals surface area (Å²) < 4.78 is 13.6. The standard InChI is InChI=1S/C8HBrCl2FN3O2/c9-5-3(15(16)17)1-2(12)6-4(5)7(10)14-8(11)13-6/h1H. The number of hydrogen-bond acceptors (Lipinski definition) is 4. The molecular weight excluding hydrogens is 340 g/mol. The first-order valence-corrected chi connectivity index (χ1v) is 5.62. The van der Waals surface area contributed by atoms with E-state index in [-0.39, 0.29) is 25.8 Å². The highest BCUT2D eigenvalue weighted by molar-refractivity contribution is 9.10. The number of rotatable bonds is 1. The van der Waals surface area contributed by atoms with Crippen LogP contribution in [0.4, 0.5) is 10.1 Å². The number of hydrogen-bond donors (Lipinski definition) is 0. The molecule has 0 radical (unpaired) electrons. The number of aromatic nitrogens is 2. The molecule has 5 nitrogen and oxygen atoms in total. The van der Waals surface area contributed by atoms with E-state index in [0.717, 1.165) is 6.07 Å². The lowest BCUT2D eigenvalue weighted by Gasteiger charge is -2.04. The molecule has 0 amide bonds. The van der Waals surface area contributed by atoms with E-state index in [1.165, 1.54) is 0 Å². The molecule has 0 aliphatic heterocycles. The zero-order valence-electron chi connectivity index (χ0n) is 7.75. The molecule has 0 bridgehead atoms. The third kappa shape index (κ3) is 2.05. The summed E-state index contributed by atoms with van der Waals surface area (Å²) >= 11 is 14.3. The fraction of sp³-hybridized carbons (Fsp3) is 0. The molecule has 0 aliphatic carbocycles. The second kappa shape index (κ2) is 4.32. The highest BCUT2D eigenvalue weighted by atomic mass is 79.9. The van der Waals surface area contributed by atoms with E-state index in [0.29, 0.717) is 0 Å². The number of nitro benzene ring substituents is 1. The summed E-state index contributed by atoms with van der Waals surface area (Å²) in [6.45, 7) is 0. The molecule has 0 saturated heterocycles. The molecule has 0 unspecified atom stereocenters. The zero-order chi connectivity index (χ0) is 12.7. The topological polar surface area (TPSA) is 68.9 Å². The molecule has 0 N–H and O–H groups in total. The fourth-order valence-electron chi connectivity index (χ4n) is 1.29. The highest BCUT2D eigenvalue weighted by Gasteiger charge is 2.22. The van der Waals surface area contributed by atoms with E-state index in [9.17, 15) is 14.5 Å². The van der Waals surface area contributed by atoms with Crippen LogP contribution in [-0.2, 0) is 0 Å². The number of nitrogens with zero attached hydrogens (tertiary/aromatic N) is 3. The smallest absolute Gasteiger partial charge is 0.258 e. The number of nitro groups is 1. The Kier molecular flexibility index (Phi) is 3.15. The number of fused-ring (bicyclic) bond motifs is 1. The molecule has 1 heterocycles. The Morgan fingerprint density at radius 3 is 2.65 bits per heavy atom. The molecule has 0 saturated carbocycles. The van der Waals surface area contributed by atoms with E-state index in [1.54, 1.807) is 0 Å². The van der Waals surface area contributed by atoms with E-state index in [2.05, 4.69) is 25.9 Å². The molecule has 0 fully saturated rings. The minimum Gasteiger partial charge on any atom is -0.258 e. The van der Waals surface area contributed by atoms with Crippen molar-refractivity contribution in [2.45, 2.75) is 0 Å². The second-order valence-electron chi connectivity index (χ2n) is 2.96. The SMILES string of the molecule is O=[N+]([O-])c1cc(F)c2nc(Cl)nc(Cl)c2c1Br. The summed E-state index contributed by atoms with van der Waals surface area (Å²) in [7, 11) is 0. The van der Waals surface area contributed by atoms with Gasteiger partial charge in [0.2, 0.25) is 5.28 Å². The summed E-state index contributed by atoms with van der Waals surface area (Å²) in [6, 6.07) is 0.742. The van der Waals surface area contributed by atoms with Gasteiger partial charge in [0, 0.05) is 0 Å². The van der Waals surface area contributed by atoms with Gasteiger partial charge in [-0.1, -0.05) is 11.6 Å². The van der Waals surface area contributed by atoms with Crippen molar-refractivity contribution in [3.05, 3.63) is 36.9 Å². The minimum atomic E-state index is -0.888. The Balaban J connectivity index is 2.99. The van der Waals surface area contributed by atoms with Gasteiger partial charge < -0.3 is 0 Å². The van der Waals surface area contributed by atoms with Crippen LogP contribution in [-0.4, -0.2) is 14.9 Å². The monoisotopic (exact) mass is 339 g/mol. The van der Waals surface area contributed by atoms with E-state index in [1.807, 2.05) is 0 Å². The van der Waals surface area contributed by atoms with Gasteiger partial charge in [-0.25, -0.2) is 14.4 Å². The average molecular weight is 341 g/mol. The Hall–Kier alpha value is -1.05. The lowest BCUT2D eigenvalue weighted by Crippen LogP contribution is -1.96.